The van der Waals surface area contributed by atoms with Crippen molar-refractivity contribution in [1.29, 1.82) is 0 Å². The number of carboxylic acid groups (broad SMARTS) is 2. The molecule has 0 spiro atoms. The Hall–Kier alpha value is -1.14. The van der Waals surface area contributed by atoms with E-state index in [4.69, 9.17) is 20.4 Å². The Kier molecular flexibility index (Phi) is 9.91. The number of aliphatic carboxylic acids is 2. The van der Waals surface area contributed by atoms with E-state index in [0.29, 0.717) is 0 Å². The van der Waals surface area contributed by atoms with Crippen molar-refractivity contribution in [2.45, 2.75) is 13.3 Å². The van der Waals surface area contributed by atoms with Gasteiger partial charge >= 0.3 is 11.9 Å². The maximum Gasteiger partial charge on any atom is 0.306 e. The molecular weight excluding hydrogens is 180 g/mol. The molecule has 1 atom stereocenters. The third kappa shape index (κ3) is 13.8. The van der Waals surface area contributed by atoms with Gasteiger partial charge in [-0.25, -0.2) is 0 Å². The molecule has 0 aliphatic heterocycles. The van der Waals surface area contributed by atoms with Crippen molar-refractivity contribution in [1.82, 2.24) is 0 Å². The molecule has 0 fully saturated rings. The van der Waals surface area contributed by atoms with Crippen LogP contribution in [0.1, 0.15) is 13.3 Å². The third-order valence-corrected chi connectivity index (χ3v) is 1.00. The summed E-state index contributed by atoms with van der Waals surface area (Å²) < 4.78 is 0. The van der Waals surface area contributed by atoms with E-state index in [9.17, 15) is 9.59 Å². The highest BCUT2D eigenvalue weighted by Gasteiger charge is 2.13. The molecule has 78 valence electrons. The topological polar surface area (TPSA) is 115 Å². The first-order valence-corrected chi connectivity index (χ1v) is 3.62. The van der Waals surface area contributed by atoms with Crippen molar-refractivity contribution in [3.05, 3.63) is 0 Å². The summed E-state index contributed by atoms with van der Waals surface area (Å²) in [6, 6.07) is 0. The molecule has 6 heteroatoms. The van der Waals surface area contributed by atoms with Crippen LogP contribution in [0.5, 0.6) is 0 Å². The summed E-state index contributed by atoms with van der Waals surface area (Å²) in [5.41, 5.74) is 0. The lowest BCUT2D eigenvalue weighted by molar-refractivity contribution is -0.147. The van der Waals surface area contributed by atoms with Gasteiger partial charge in [-0.3, -0.25) is 9.59 Å². The Morgan fingerprint density at radius 2 is 1.54 bits per heavy atom. The second kappa shape index (κ2) is 8.95. The maximum atomic E-state index is 9.97. The average molecular weight is 194 g/mol. The summed E-state index contributed by atoms with van der Waals surface area (Å²) in [4.78, 5) is 19.8. The molecule has 4 N–H and O–H groups in total. The first kappa shape index (κ1) is 14.4. The number of hydrogen-bond donors (Lipinski definition) is 4. The minimum absolute atomic E-state index is 0.125. The van der Waals surface area contributed by atoms with Crippen LogP contribution in [0.15, 0.2) is 0 Å². The van der Waals surface area contributed by atoms with Crippen LogP contribution < -0.4 is 0 Å². The lowest BCUT2D eigenvalue weighted by Crippen LogP contribution is -2.13. The lowest BCUT2D eigenvalue weighted by atomic mass is 10.1. The summed E-state index contributed by atoms with van der Waals surface area (Å²) in [6.07, 6.45) is -0.310. The molecule has 0 rings (SSSR count). The molecule has 0 saturated carbocycles. The van der Waals surface area contributed by atoms with Crippen molar-refractivity contribution < 1.29 is 30.0 Å². The summed E-state index contributed by atoms with van der Waals surface area (Å²) in [5, 5.41) is 31.5. The predicted octanol–water partition coefficient (Wildman–Crippen LogP) is -0.847. The zero-order valence-electron chi connectivity index (χ0n) is 7.30. The zero-order chi connectivity index (χ0) is 10.9. The molecular formula is C7H14O6. The van der Waals surface area contributed by atoms with Crippen molar-refractivity contribution in [2.75, 3.05) is 13.2 Å². The van der Waals surface area contributed by atoms with Gasteiger partial charge in [0.2, 0.25) is 0 Å². The fourth-order valence-electron chi connectivity index (χ4n) is 0.349. The fraction of sp³-hybridized carbons (Fsp3) is 0.714. The van der Waals surface area contributed by atoms with Crippen molar-refractivity contribution in [3.63, 3.8) is 0 Å². The van der Waals surface area contributed by atoms with Crippen LogP contribution in [0.2, 0.25) is 0 Å². The molecule has 1 unspecified atom stereocenters. The van der Waals surface area contributed by atoms with Crippen LogP contribution in [0, 0.1) is 5.92 Å². The highest BCUT2D eigenvalue weighted by Crippen LogP contribution is 1.99. The Morgan fingerprint density at radius 1 is 1.15 bits per heavy atom. The number of carboxylic acids is 2. The van der Waals surface area contributed by atoms with E-state index in [0.717, 1.165) is 0 Å². The van der Waals surface area contributed by atoms with Gasteiger partial charge in [0.15, 0.2) is 0 Å². The summed E-state index contributed by atoms with van der Waals surface area (Å²) in [6.45, 7) is 1.11. The SMILES string of the molecule is CC(CC(=O)O)C(=O)O.OCCO. The molecule has 0 aliphatic carbocycles. The van der Waals surface area contributed by atoms with E-state index in [1.165, 1.54) is 6.92 Å². The highest BCUT2D eigenvalue weighted by molar-refractivity contribution is 5.77. The predicted molar refractivity (Wildman–Crippen MR) is 43.2 cm³/mol. The van der Waals surface area contributed by atoms with E-state index in [2.05, 4.69) is 0 Å². The summed E-state index contributed by atoms with van der Waals surface area (Å²) in [5.74, 6) is -2.94. The Balaban J connectivity index is 0. The van der Waals surface area contributed by atoms with Crippen molar-refractivity contribution >= 4 is 11.9 Å². The molecule has 0 heterocycles. The minimum Gasteiger partial charge on any atom is -0.481 e. The van der Waals surface area contributed by atoms with Gasteiger partial charge in [0.25, 0.3) is 0 Å². The van der Waals surface area contributed by atoms with Crippen molar-refractivity contribution in [2.24, 2.45) is 5.92 Å². The molecule has 0 aromatic heterocycles. The second-order valence-electron chi connectivity index (χ2n) is 2.28. The molecule has 0 aromatic rings. The van der Waals surface area contributed by atoms with E-state index < -0.39 is 17.9 Å². The van der Waals surface area contributed by atoms with Gasteiger partial charge < -0.3 is 20.4 Å². The molecule has 0 amide bonds. The Bertz CT molecular complexity index is 153. The minimum atomic E-state index is -1.08. The average Bonchev–Trinajstić information content (AvgIpc) is 2.03. The van der Waals surface area contributed by atoms with Crippen LogP contribution in [0.3, 0.4) is 0 Å². The second-order valence-corrected chi connectivity index (χ2v) is 2.28. The van der Waals surface area contributed by atoms with Gasteiger partial charge in [0.1, 0.15) is 0 Å². The smallest absolute Gasteiger partial charge is 0.306 e. The lowest BCUT2D eigenvalue weighted by Gasteiger charge is -1.98. The molecule has 0 bridgehead atoms. The van der Waals surface area contributed by atoms with Crippen LogP contribution >= 0.6 is 0 Å². The number of rotatable bonds is 4. The first-order valence-electron chi connectivity index (χ1n) is 3.62. The van der Waals surface area contributed by atoms with Gasteiger partial charge in [0, 0.05) is 0 Å². The number of hydrogen-bond acceptors (Lipinski definition) is 4. The summed E-state index contributed by atoms with van der Waals surface area (Å²) in [7, 11) is 0. The number of aliphatic hydroxyl groups excluding tert-OH is 2. The van der Waals surface area contributed by atoms with Gasteiger partial charge in [-0.1, -0.05) is 6.92 Å². The molecule has 0 radical (unpaired) electrons. The number of carbonyl (C=O) groups is 2. The van der Waals surface area contributed by atoms with Crippen LogP contribution in [-0.2, 0) is 9.59 Å². The number of aliphatic hydroxyl groups is 2. The van der Waals surface area contributed by atoms with Crippen LogP contribution in [-0.4, -0.2) is 45.6 Å². The highest BCUT2D eigenvalue weighted by atomic mass is 16.4. The normalized spacial score (nSPS) is 11.0. The molecule has 6 nitrogen and oxygen atoms in total. The molecule has 0 saturated heterocycles. The Labute approximate surface area is 75.4 Å². The zero-order valence-corrected chi connectivity index (χ0v) is 7.30. The van der Waals surface area contributed by atoms with Gasteiger partial charge in [0.05, 0.1) is 25.6 Å². The standard InChI is InChI=1S/C5H8O4.C2H6O2/c1-3(5(8)9)2-4(6)7;3-1-2-4/h3H,2H2,1H3,(H,6,7)(H,8,9);3-4H,1-2H2. The largest absolute Gasteiger partial charge is 0.481 e. The van der Waals surface area contributed by atoms with Gasteiger partial charge in [-0.2, -0.15) is 0 Å². The van der Waals surface area contributed by atoms with E-state index in [1.807, 2.05) is 0 Å². The summed E-state index contributed by atoms with van der Waals surface area (Å²) >= 11 is 0. The third-order valence-electron chi connectivity index (χ3n) is 1.00. The Morgan fingerprint density at radius 3 is 1.62 bits per heavy atom. The molecule has 0 aromatic carbocycles. The van der Waals surface area contributed by atoms with Gasteiger partial charge in [-0.15, -0.1) is 0 Å². The van der Waals surface area contributed by atoms with Crippen LogP contribution in [0.25, 0.3) is 0 Å². The maximum absolute atomic E-state index is 9.97. The quantitative estimate of drug-likeness (QED) is 0.463. The van der Waals surface area contributed by atoms with E-state index in [1.54, 1.807) is 0 Å². The first-order chi connectivity index (χ1) is 5.95. The van der Waals surface area contributed by atoms with Gasteiger partial charge in [-0.05, 0) is 0 Å². The fourth-order valence-corrected chi connectivity index (χ4v) is 0.349. The molecule has 0 aliphatic rings. The van der Waals surface area contributed by atoms with Crippen LogP contribution in [0.4, 0.5) is 0 Å². The molecule has 13 heavy (non-hydrogen) atoms. The van der Waals surface area contributed by atoms with E-state index in [-0.39, 0.29) is 19.6 Å². The van der Waals surface area contributed by atoms with Crippen molar-refractivity contribution in [3.8, 4) is 0 Å². The van der Waals surface area contributed by atoms with E-state index >= 15 is 0 Å². The monoisotopic (exact) mass is 194 g/mol.